The summed E-state index contributed by atoms with van der Waals surface area (Å²) in [6.45, 7) is 1.38. The number of halogens is 2. The van der Waals surface area contributed by atoms with E-state index in [2.05, 4.69) is 19.4 Å². The number of anilines is 1. The van der Waals surface area contributed by atoms with Gasteiger partial charge in [0.2, 0.25) is 5.91 Å². The molecule has 1 aliphatic rings. The molecule has 1 fully saturated rings. The topological polar surface area (TPSA) is 66.9 Å². The molecule has 5 nitrogen and oxygen atoms in total. The van der Waals surface area contributed by atoms with Gasteiger partial charge in [0.15, 0.2) is 0 Å². The Morgan fingerprint density at radius 3 is 2.72 bits per heavy atom. The van der Waals surface area contributed by atoms with Crippen molar-refractivity contribution in [2.75, 3.05) is 18.4 Å². The average Bonchev–Trinajstić information content (AvgIpc) is 2.70. The normalized spacial score (nSPS) is 15.7. The Hall–Kier alpha value is -0.950. The molecule has 0 bridgehead atoms. The number of hydrogen-bond acceptors (Lipinski definition) is 5. The maximum absolute atomic E-state index is 11.9. The number of rotatable bonds is 2. The third-order valence-corrected chi connectivity index (χ3v) is 3.96. The number of fused-ring (bicyclic) bond motifs is 1. The second kappa shape index (κ2) is 4.62. The van der Waals surface area contributed by atoms with Crippen LogP contribution in [0.5, 0.6) is 0 Å². The molecule has 2 heterocycles. The molecule has 2 aromatic rings. The molecule has 0 aliphatic carbocycles. The Balaban J connectivity index is 2.00. The lowest BCUT2D eigenvalue weighted by atomic mass is 10.0. The fourth-order valence-electron chi connectivity index (χ4n) is 1.69. The lowest BCUT2D eigenvalue weighted by Crippen LogP contribution is -2.48. The van der Waals surface area contributed by atoms with Crippen LogP contribution in [0, 0.1) is 5.92 Å². The number of amides is 1. The van der Waals surface area contributed by atoms with Crippen molar-refractivity contribution in [1.29, 1.82) is 0 Å². The summed E-state index contributed by atoms with van der Waals surface area (Å²) in [7, 11) is 0. The molecule has 0 atom stereocenters. The minimum Gasteiger partial charge on any atom is -0.323 e. The van der Waals surface area contributed by atoms with Gasteiger partial charge < -0.3 is 10.6 Å². The number of hydrogen-bond donors (Lipinski definition) is 2. The van der Waals surface area contributed by atoms with E-state index < -0.39 is 0 Å². The van der Waals surface area contributed by atoms with Crippen molar-refractivity contribution in [1.82, 2.24) is 14.1 Å². The SMILES string of the molecule is O=C(Nc1c(Cl)cc(Cl)c2nsnc12)C1CNC1. The number of aromatic nitrogens is 2. The molecule has 1 amide bonds. The van der Waals surface area contributed by atoms with Crippen LogP contribution in [0.2, 0.25) is 10.0 Å². The number of nitrogens with one attached hydrogen (secondary N) is 2. The van der Waals surface area contributed by atoms with Gasteiger partial charge >= 0.3 is 0 Å². The maximum atomic E-state index is 11.9. The zero-order chi connectivity index (χ0) is 12.7. The van der Waals surface area contributed by atoms with Gasteiger partial charge in [-0.15, -0.1) is 0 Å². The van der Waals surface area contributed by atoms with Crippen LogP contribution in [0.3, 0.4) is 0 Å². The molecule has 3 rings (SSSR count). The van der Waals surface area contributed by atoms with Crippen LogP contribution in [0.15, 0.2) is 6.07 Å². The summed E-state index contributed by atoms with van der Waals surface area (Å²) in [5, 5.41) is 6.66. The van der Waals surface area contributed by atoms with E-state index in [4.69, 9.17) is 23.2 Å². The molecule has 1 saturated heterocycles. The standard InChI is InChI=1S/C10H8Cl2N4OS/c11-5-1-6(12)8-9(16-18-15-8)7(5)14-10(17)4-2-13-3-4/h1,4,13H,2-3H2,(H,14,17). The number of nitrogens with zero attached hydrogens (tertiary/aromatic N) is 2. The monoisotopic (exact) mass is 302 g/mol. The van der Waals surface area contributed by atoms with Crippen molar-refractivity contribution < 1.29 is 4.79 Å². The minimum absolute atomic E-state index is 0.0154. The van der Waals surface area contributed by atoms with Gasteiger partial charge in [-0.2, -0.15) is 8.75 Å². The fourth-order valence-corrected chi connectivity index (χ4v) is 2.85. The predicted molar refractivity (Wildman–Crippen MR) is 72.4 cm³/mol. The highest BCUT2D eigenvalue weighted by atomic mass is 35.5. The summed E-state index contributed by atoms with van der Waals surface area (Å²) in [5.74, 6) is -0.0781. The van der Waals surface area contributed by atoms with Crippen LogP contribution in [0.4, 0.5) is 5.69 Å². The van der Waals surface area contributed by atoms with Crippen molar-refractivity contribution in [2.45, 2.75) is 0 Å². The van der Waals surface area contributed by atoms with E-state index in [9.17, 15) is 4.79 Å². The van der Waals surface area contributed by atoms with Crippen LogP contribution in [-0.2, 0) is 4.79 Å². The van der Waals surface area contributed by atoms with Crippen molar-refractivity contribution in [3.8, 4) is 0 Å². The summed E-state index contributed by atoms with van der Waals surface area (Å²) in [6.07, 6.45) is 0. The lowest BCUT2D eigenvalue weighted by Gasteiger charge is -2.26. The quantitative estimate of drug-likeness (QED) is 0.892. The van der Waals surface area contributed by atoms with E-state index in [0.29, 0.717) is 39.9 Å². The van der Waals surface area contributed by atoms with Crippen molar-refractivity contribution in [2.24, 2.45) is 5.92 Å². The third kappa shape index (κ3) is 1.95. The number of carbonyl (C=O) groups excluding carboxylic acids is 1. The largest absolute Gasteiger partial charge is 0.323 e. The first-order chi connectivity index (χ1) is 8.66. The van der Waals surface area contributed by atoms with E-state index in [0.717, 1.165) is 11.7 Å². The van der Waals surface area contributed by atoms with Crippen molar-refractivity contribution >= 4 is 57.6 Å². The van der Waals surface area contributed by atoms with Gasteiger partial charge in [-0.05, 0) is 6.07 Å². The van der Waals surface area contributed by atoms with E-state index >= 15 is 0 Å². The van der Waals surface area contributed by atoms with Gasteiger partial charge in [0.05, 0.1) is 33.4 Å². The molecule has 1 aromatic heterocycles. The predicted octanol–water partition coefficient (Wildman–Crippen LogP) is 2.16. The van der Waals surface area contributed by atoms with E-state index in [1.807, 2.05) is 0 Å². The van der Waals surface area contributed by atoms with Crippen molar-refractivity contribution in [3.05, 3.63) is 16.1 Å². The highest BCUT2D eigenvalue weighted by Crippen LogP contribution is 2.35. The molecule has 0 spiro atoms. The molecule has 2 N–H and O–H groups in total. The Morgan fingerprint density at radius 2 is 2.06 bits per heavy atom. The first kappa shape index (κ1) is 12.1. The van der Waals surface area contributed by atoms with Crippen LogP contribution < -0.4 is 10.6 Å². The smallest absolute Gasteiger partial charge is 0.230 e. The van der Waals surface area contributed by atoms with E-state index in [1.54, 1.807) is 6.07 Å². The van der Waals surface area contributed by atoms with Crippen LogP contribution in [-0.4, -0.2) is 27.7 Å². The highest BCUT2D eigenvalue weighted by molar-refractivity contribution is 7.00. The molecule has 0 radical (unpaired) electrons. The summed E-state index contributed by atoms with van der Waals surface area (Å²) in [6, 6.07) is 1.57. The molecule has 8 heteroatoms. The molecule has 18 heavy (non-hydrogen) atoms. The van der Waals surface area contributed by atoms with Gasteiger partial charge in [-0.1, -0.05) is 23.2 Å². The number of carbonyl (C=O) groups is 1. The molecule has 1 aromatic carbocycles. The van der Waals surface area contributed by atoms with Gasteiger partial charge in [-0.3, -0.25) is 4.79 Å². The minimum atomic E-state index is -0.0627. The molecular weight excluding hydrogens is 295 g/mol. The summed E-state index contributed by atoms with van der Waals surface area (Å²) in [4.78, 5) is 11.9. The van der Waals surface area contributed by atoms with Crippen LogP contribution >= 0.6 is 34.9 Å². The zero-order valence-electron chi connectivity index (χ0n) is 9.04. The summed E-state index contributed by atoms with van der Waals surface area (Å²) < 4.78 is 8.21. The summed E-state index contributed by atoms with van der Waals surface area (Å²) >= 11 is 13.1. The first-order valence-corrected chi connectivity index (χ1v) is 6.77. The van der Waals surface area contributed by atoms with Crippen LogP contribution in [0.25, 0.3) is 11.0 Å². The lowest BCUT2D eigenvalue weighted by molar-refractivity contribution is -0.121. The zero-order valence-corrected chi connectivity index (χ0v) is 11.4. The molecule has 94 valence electrons. The molecule has 0 saturated carbocycles. The van der Waals surface area contributed by atoms with Crippen molar-refractivity contribution in [3.63, 3.8) is 0 Å². The Labute approximate surface area is 117 Å². The van der Waals surface area contributed by atoms with Gasteiger partial charge in [-0.25, -0.2) is 0 Å². The molecular formula is C10H8Cl2N4OS. The second-order valence-corrected chi connectivity index (χ2v) is 5.36. The van der Waals surface area contributed by atoms with Gasteiger partial charge in [0, 0.05) is 13.1 Å². The third-order valence-electron chi connectivity index (χ3n) is 2.84. The average molecular weight is 303 g/mol. The Kier molecular flexibility index (Phi) is 3.11. The number of benzene rings is 1. The molecule has 1 aliphatic heterocycles. The first-order valence-electron chi connectivity index (χ1n) is 5.28. The van der Waals surface area contributed by atoms with Crippen LogP contribution in [0.1, 0.15) is 0 Å². The fraction of sp³-hybridized carbons (Fsp3) is 0.300. The summed E-state index contributed by atoms with van der Waals surface area (Å²) in [5.41, 5.74) is 1.59. The Bertz CT molecular complexity index is 626. The Morgan fingerprint density at radius 1 is 1.33 bits per heavy atom. The van der Waals surface area contributed by atoms with Gasteiger partial charge in [0.25, 0.3) is 0 Å². The second-order valence-electron chi connectivity index (χ2n) is 4.02. The molecule has 0 unspecified atom stereocenters. The maximum Gasteiger partial charge on any atom is 0.230 e. The van der Waals surface area contributed by atoms with Gasteiger partial charge in [0.1, 0.15) is 11.0 Å². The highest BCUT2D eigenvalue weighted by Gasteiger charge is 2.26. The van der Waals surface area contributed by atoms with E-state index in [-0.39, 0.29) is 11.8 Å². The van der Waals surface area contributed by atoms with E-state index in [1.165, 1.54) is 0 Å².